The molecule has 100 valence electrons. The number of carbonyl (C=O) groups excluding carboxylic acids is 1. The fourth-order valence-electron chi connectivity index (χ4n) is 1.62. The van der Waals surface area contributed by atoms with Crippen LogP contribution in [0, 0.1) is 0 Å². The molecule has 0 saturated carbocycles. The van der Waals surface area contributed by atoms with Crippen molar-refractivity contribution in [3.63, 3.8) is 0 Å². The number of hydrogen-bond donors (Lipinski definition) is 2. The first-order valence-corrected chi connectivity index (χ1v) is 5.66. The number of thiocarbonyl (C=S) groups is 1. The van der Waals surface area contributed by atoms with Crippen molar-refractivity contribution in [1.82, 2.24) is 5.32 Å². The molecule has 0 bridgehead atoms. The molecule has 1 aromatic carbocycles. The van der Waals surface area contributed by atoms with Crippen LogP contribution in [0.25, 0.3) is 6.08 Å². The second kappa shape index (κ2) is 5.15. The highest BCUT2D eigenvalue weighted by Crippen LogP contribution is 2.39. The highest BCUT2D eigenvalue weighted by Gasteiger charge is 2.24. The van der Waals surface area contributed by atoms with Crippen LogP contribution in [0.1, 0.15) is 5.56 Å². The predicted octanol–water partition coefficient (Wildman–Crippen LogP) is 1.18. The van der Waals surface area contributed by atoms with Gasteiger partial charge in [0.05, 0.1) is 14.2 Å². The minimum Gasteiger partial charge on any atom is -0.502 e. The number of methoxy groups -OCH3 is 2. The third-order valence-electron chi connectivity index (χ3n) is 2.48. The van der Waals surface area contributed by atoms with Crippen molar-refractivity contribution in [2.45, 2.75) is 0 Å². The molecule has 1 aromatic rings. The number of hydrogen-bond acceptors (Lipinski definition) is 6. The summed E-state index contributed by atoms with van der Waals surface area (Å²) in [6.45, 7) is 0. The fourth-order valence-corrected chi connectivity index (χ4v) is 1.81. The van der Waals surface area contributed by atoms with Crippen molar-refractivity contribution in [3.05, 3.63) is 23.5 Å². The topological polar surface area (TPSA) is 77.0 Å². The number of nitrogens with one attached hydrogen (secondary N) is 1. The van der Waals surface area contributed by atoms with Gasteiger partial charge in [0.25, 0.3) is 11.1 Å². The smallest absolute Gasteiger partial charge is 0.294 e. The van der Waals surface area contributed by atoms with Crippen LogP contribution < -0.4 is 14.8 Å². The Kier molecular flexibility index (Phi) is 3.57. The molecule has 7 heteroatoms. The zero-order valence-electron chi connectivity index (χ0n) is 10.2. The average Bonchev–Trinajstić information content (AvgIpc) is 2.68. The number of benzene rings is 1. The van der Waals surface area contributed by atoms with E-state index in [-0.39, 0.29) is 28.2 Å². The van der Waals surface area contributed by atoms with E-state index in [1.165, 1.54) is 20.3 Å². The van der Waals surface area contributed by atoms with Gasteiger partial charge in [0.15, 0.2) is 17.3 Å². The van der Waals surface area contributed by atoms with Gasteiger partial charge in [0, 0.05) is 5.56 Å². The van der Waals surface area contributed by atoms with E-state index in [0.29, 0.717) is 5.56 Å². The van der Waals surface area contributed by atoms with Crippen molar-refractivity contribution in [3.8, 4) is 17.2 Å². The van der Waals surface area contributed by atoms with Crippen molar-refractivity contribution < 1.29 is 24.1 Å². The minimum atomic E-state index is -0.442. The van der Waals surface area contributed by atoms with Gasteiger partial charge in [-0.1, -0.05) is 0 Å². The van der Waals surface area contributed by atoms with Crippen LogP contribution in [0.3, 0.4) is 0 Å². The lowest BCUT2D eigenvalue weighted by Gasteiger charge is -2.10. The largest absolute Gasteiger partial charge is 0.502 e. The quantitative estimate of drug-likeness (QED) is 0.640. The van der Waals surface area contributed by atoms with Gasteiger partial charge in [-0.3, -0.25) is 10.1 Å². The van der Waals surface area contributed by atoms with Crippen LogP contribution in [0.15, 0.2) is 17.9 Å². The van der Waals surface area contributed by atoms with Crippen molar-refractivity contribution in [2.24, 2.45) is 0 Å². The first-order valence-electron chi connectivity index (χ1n) is 5.25. The highest BCUT2D eigenvalue weighted by molar-refractivity contribution is 7.80. The molecule has 0 aromatic heterocycles. The monoisotopic (exact) mass is 281 g/mol. The molecule has 0 spiro atoms. The lowest BCUT2D eigenvalue weighted by Crippen LogP contribution is -2.18. The molecule has 1 saturated heterocycles. The fraction of sp³-hybridized carbons (Fsp3) is 0.167. The molecule has 0 radical (unpaired) electrons. The summed E-state index contributed by atoms with van der Waals surface area (Å²) in [5.74, 6) is -0.108. The van der Waals surface area contributed by atoms with Gasteiger partial charge in [-0.2, -0.15) is 0 Å². The molecule has 0 atom stereocenters. The number of phenolic OH excluding ortho intramolecular Hbond substituents is 1. The number of phenols is 1. The van der Waals surface area contributed by atoms with Crippen LogP contribution >= 0.6 is 12.2 Å². The van der Waals surface area contributed by atoms with E-state index >= 15 is 0 Å². The highest BCUT2D eigenvalue weighted by atomic mass is 32.1. The molecule has 6 nitrogen and oxygen atoms in total. The molecule has 1 fully saturated rings. The Hall–Kier alpha value is -2.28. The van der Waals surface area contributed by atoms with Crippen LogP contribution in [0.2, 0.25) is 0 Å². The number of aromatic hydroxyl groups is 1. The number of carbonyl (C=O) groups is 1. The average molecular weight is 281 g/mol. The maximum atomic E-state index is 11.5. The Labute approximate surface area is 114 Å². The third kappa shape index (κ3) is 2.45. The second-order valence-electron chi connectivity index (χ2n) is 3.59. The Morgan fingerprint density at radius 1 is 1.37 bits per heavy atom. The standard InChI is InChI=1S/C12H11NO5S/c1-16-7-4-3-6(10(17-2)9(7)14)5-8-11(15)13-12(19)18-8/h3-5,14H,1-2H3,(H,13,15,19)/b8-5+. The van der Waals surface area contributed by atoms with Crippen molar-refractivity contribution >= 4 is 29.4 Å². The lowest BCUT2D eigenvalue weighted by molar-refractivity contribution is -0.116. The van der Waals surface area contributed by atoms with Gasteiger partial charge in [-0.25, -0.2) is 0 Å². The summed E-state index contributed by atoms with van der Waals surface area (Å²) in [6.07, 6.45) is 1.42. The summed E-state index contributed by atoms with van der Waals surface area (Å²) in [6, 6.07) is 3.18. The zero-order chi connectivity index (χ0) is 14.0. The molecule has 2 rings (SSSR count). The first kappa shape index (κ1) is 13.2. The number of rotatable bonds is 3. The molecule has 1 aliphatic rings. The number of amides is 1. The zero-order valence-corrected chi connectivity index (χ0v) is 11.0. The van der Waals surface area contributed by atoms with E-state index in [2.05, 4.69) is 5.32 Å². The third-order valence-corrected chi connectivity index (χ3v) is 2.66. The van der Waals surface area contributed by atoms with Gasteiger partial charge < -0.3 is 19.3 Å². The molecular formula is C12H11NO5S. The molecule has 1 amide bonds. The van der Waals surface area contributed by atoms with E-state index in [0.717, 1.165) is 0 Å². The van der Waals surface area contributed by atoms with E-state index in [1.54, 1.807) is 12.1 Å². The Morgan fingerprint density at radius 3 is 2.63 bits per heavy atom. The lowest BCUT2D eigenvalue weighted by atomic mass is 10.1. The summed E-state index contributed by atoms with van der Waals surface area (Å²) < 4.78 is 15.1. The second-order valence-corrected chi connectivity index (χ2v) is 3.96. The molecule has 1 heterocycles. The summed E-state index contributed by atoms with van der Waals surface area (Å²) in [4.78, 5) is 11.5. The van der Waals surface area contributed by atoms with Crippen LogP contribution in [0.4, 0.5) is 0 Å². The van der Waals surface area contributed by atoms with E-state index in [9.17, 15) is 9.90 Å². The molecule has 19 heavy (non-hydrogen) atoms. The Morgan fingerprint density at radius 2 is 2.11 bits per heavy atom. The van der Waals surface area contributed by atoms with Crippen LogP contribution in [0.5, 0.6) is 17.2 Å². The van der Waals surface area contributed by atoms with Gasteiger partial charge in [-0.15, -0.1) is 0 Å². The molecule has 2 N–H and O–H groups in total. The van der Waals surface area contributed by atoms with Gasteiger partial charge in [-0.05, 0) is 30.4 Å². The SMILES string of the molecule is COc1ccc(/C=C2/OC(=S)NC2=O)c(OC)c1O. The Bertz CT molecular complexity index is 582. The van der Waals surface area contributed by atoms with E-state index in [4.69, 9.17) is 26.4 Å². The summed E-state index contributed by atoms with van der Waals surface area (Å²) in [5, 5.41) is 12.2. The first-order chi connectivity index (χ1) is 9.06. The molecule has 0 unspecified atom stereocenters. The van der Waals surface area contributed by atoms with E-state index in [1.807, 2.05) is 0 Å². The van der Waals surface area contributed by atoms with E-state index < -0.39 is 5.91 Å². The number of ether oxygens (including phenoxy) is 3. The Balaban J connectivity index is 2.46. The maximum absolute atomic E-state index is 11.5. The summed E-state index contributed by atoms with van der Waals surface area (Å²) >= 11 is 4.72. The van der Waals surface area contributed by atoms with Crippen molar-refractivity contribution in [1.29, 1.82) is 0 Å². The predicted molar refractivity (Wildman–Crippen MR) is 71.0 cm³/mol. The van der Waals surface area contributed by atoms with Crippen molar-refractivity contribution in [2.75, 3.05) is 14.2 Å². The molecular weight excluding hydrogens is 270 g/mol. The van der Waals surface area contributed by atoms with Crippen LogP contribution in [-0.4, -0.2) is 30.4 Å². The normalized spacial score (nSPS) is 16.2. The molecule has 0 aliphatic carbocycles. The summed E-state index contributed by atoms with van der Waals surface area (Å²) in [5.41, 5.74) is 0.468. The van der Waals surface area contributed by atoms with Crippen LogP contribution in [-0.2, 0) is 9.53 Å². The van der Waals surface area contributed by atoms with Gasteiger partial charge in [0.2, 0.25) is 5.75 Å². The van der Waals surface area contributed by atoms with Gasteiger partial charge >= 0.3 is 0 Å². The van der Waals surface area contributed by atoms with Gasteiger partial charge in [0.1, 0.15) is 0 Å². The summed E-state index contributed by atoms with van der Waals surface area (Å²) in [7, 11) is 2.83. The molecule has 1 aliphatic heterocycles. The minimum absolute atomic E-state index is 0.00653. The maximum Gasteiger partial charge on any atom is 0.294 e.